The van der Waals surface area contributed by atoms with Gasteiger partial charge in [-0.25, -0.2) is 9.07 Å². The Morgan fingerprint density at radius 3 is 2.37 bits per heavy atom. The monoisotopic (exact) mass is 674 g/mol. The minimum atomic E-state index is -4.72. The van der Waals surface area contributed by atoms with Crippen molar-refractivity contribution in [3.8, 4) is 11.8 Å². The molecular formula is C35H30F4N6O4. The second kappa shape index (κ2) is 13.2. The van der Waals surface area contributed by atoms with Crippen LogP contribution in [0.25, 0.3) is 5.69 Å². The molecule has 0 radical (unpaired) electrons. The van der Waals surface area contributed by atoms with Crippen LogP contribution in [0.5, 0.6) is 0 Å². The molecule has 1 N–H and O–H groups in total. The molecule has 3 aromatic carbocycles. The summed E-state index contributed by atoms with van der Waals surface area (Å²) in [6.45, 7) is 2.31. The molecule has 0 saturated carbocycles. The quantitative estimate of drug-likeness (QED) is 0.265. The molecule has 1 fully saturated rings. The number of anilines is 1. The highest BCUT2D eigenvalue weighted by Crippen LogP contribution is 2.44. The molecule has 3 unspecified atom stereocenters. The molecule has 49 heavy (non-hydrogen) atoms. The van der Waals surface area contributed by atoms with E-state index in [0.717, 1.165) is 24.3 Å². The number of halogens is 4. The summed E-state index contributed by atoms with van der Waals surface area (Å²) in [4.78, 5) is 45.0. The van der Waals surface area contributed by atoms with E-state index in [1.165, 1.54) is 39.7 Å². The van der Waals surface area contributed by atoms with Gasteiger partial charge in [0.1, 0.15) is 23.7 Å². The molecule has 252 valence electrons. The number of nitrogens with zero attached hydrogens (tertiary/aromatic N) is 5. The summed E-state index contributed by atoms with van der Waals surface area (Å²) in [5.41, 5.74) is -0.475. The van der Waals surface area contributed by atoms with Crippen molar-refractivity contribution in [2.24, 2.45) is 5.92 Å². The lowest BCUT2D eigenvalue weighted by atomic mass is 9.80. The van der Waals surface area contributed by atoms with Gasteiger partial charge in [0.25, 0.3) is 17.7 Å². The number of hydrogen-bond acceptors (Lipinski definition) is 6. The van der Waals surface area contributed by atoms with E-state index in [1.54, 1.807) is 37.3 Å². The fourth-order valence-electron chi connectivity index (χ4n) is 6.24. The van der Waals surface area contributed by atoms with Crippen LogP contribution in [-0.4, -0.2) is 71.3 Å². The van der Waals surface area contributed by atoms with Crippen LogP contribution in [0.15, 0.2) is 78.9 Å². The Balaban J connectivity index is 1.55. The first-order valence-corrected chi connectivity index (χ1v) is 15.4. The number of rotatable bonds is 8. The fourth-order valence-corrected chi connectivity index (χ4v) is 6.24. The number of alkyl halides is 3. The number of nitrogens with one attached hydrogen (secondary N) is 1. The second-order valence-electron chi connectivity index (χ2n) is 11.8. The molecule has 2 aliphatic rings. The number of hydrogen-bond donors (Lipinski definition) is 1. The van der Waals surface area contributed by atoms with Crippen molar-refractivity contribution in [1.29, 1.82) is 5.26 Å². The summed E-state index contributed by atoms with van der Waals surface area (Å²) in [7, 11) is 1.47. The first kappa shape index (κ1) is 33.4. The molecule has 0 spiro atoms. The van der Waals surface area contributed by atoms with Crippen molar-refractivity contribution >= 4 is 23.5 Å². The van der Waals surface area contributed by atoms with Gasteiger partial charge in [-0.15, -0.1) is 0 Å². The summed E-state index contributed by atoms with van der Waals surface area (Å²) < 4.78 is 61.5. The second-order valence-corrected chi connectivity index (χ2v) is 11.8. The van der Waals surface area contributed by atoms with Gasteiger partial charge >= 0.3 is 6.18 Å². The Labute approximate surface area is 278 Å². The average Bonchev–Trinajstić information content (AvgIpc) is 3.46. The molecule has 2 aliphatic heterocycles. The normalized spacial score (nSPS) is 18.2. The Hall–Kier alpha value is -5.55. The molecular weight excluding hydrogens is 644 g/mol. The summed E-state index contributed by atoms with van der Waals surface area (Å²) in [5, 5.41) is 17.4. The molecule has 10 nitrogen and oxygen atoms in total. The first-order valence-electron chi connectivity index (χ1n) is 15.4. The minimum absolute atomic E-state index is 0.0557. The van der Waals surface area contributed by atoms with Gasteiger partial charge in [-0.3, -0.25) is 19.3 Å². The summed E-state index contributed by atoms with van der Waals surface area (Å²) in [5.74, 6) is -4.01. The van der Waals surface area contributed by atoms with E-state index in [4.69, 9.17) is 9.84 Å². The van der Waals surface area contributed by atoms with E-state index in [-0.39, 0.29) is 48.3 Å². The van der Waals surface area contributed by atoms with E-state index >= 15 is 0 Å². The highest BCUT2D eigenvalue weighted by molar-refractivity contribution is 6.07. The Bertz CT molecular complexity index is 1940. The van der Waals surface area contributed by atoms with Crippen LogP contribution in [-0.2, 0) is 15.7 Å². The summed E-state index contributed by atoms with van der Waals surface area (Å²) in [6, 6.07) is 17.5. The van der Waals surface area contributed by atoms with Crippen molar-refractivity contribution in [2.75, 3.05) is 31.7 Å². The van der Waals surface area contributed by atoms with E-state index < -0.39 is 53.3 Å². The standard InChI is InChI=1S/C35H30F4N6O4/c1-3-44-32-28(30(42-45(32)25-10-5-4-6-11-25)33(47)43(2)26(17-40)22-18-49-19-22)27(20-12-14-24(36)15-13-20)29(34(44)48)41-31(46)21-8-7-9-23(16-21)35(37,38)39/h4-16,22,26-27,29H,3,18-19H2,1-2H3,(H,41,46). The van der Waals surface area contributed by atoms with Crippen molar-refractivity contribution in [3.63, 3.8) is 0 Å². The van der Waals surface area contributed by atoms with Crippen LogP contribution in [0.3, 0.4) is 0 Å². The maximum atomic E-state index is 14.4. The Morgan fingerprint density at radius 1 is 1.08 bits per heavy atom. The predicted molar refractivity (Wildman–Crippen MR) is 168 cm³/mol. The largest absolute Gasteiger partial charge is 0.416 e. The molecule has 1 saturated heterocycles. The molecule has 3 heterocycles. The number of aromatic nitrogens is 2. The number of carbonyl (C=O) groups excluding carboxylic acids is 3. The minimum Gasteiger partial charge on any atom is -0.380 e. The lowest BCUT2D eigenvalue weighted by Crippen LogP contribution is -2.56. The lowest BCUT2D eigenvalue weighted by molar-refractivity contribution is -0.137. The number of carbonyl (C=O) groups is 3. The van der Waals surface area contributed by atoms with Crippen molar-refractivity contribution in [2.45, 2.75) is 31.1 Å². The topological polar surface area (TPSA) is 121 Å². The maximum absolute atomic E-state index is 14.4. The molecule has 3 amide bonds. The van der Waals surface area contributed by atoms with Crippen LogP contribution >= 0.6 is 0 Å². The highest BCUT2D eigenvalue weighted by Gasteiger charge is 2.48. The van der Waals surface area contributed by atoms with Crippen LogP contribution in [0.2, 0.25) is 0 Å². The summed E-state index contributed by atoms with van der Waals surface area (Å²) >= 11 is 0. The van der Waals surface area contributed by atoms with Gasteiger partial charge in [-0.05, 0) is 55.0 Å². The molecule has 14 heteroatoms. The zero-order valence-corrected chi connectivity index (χ0v) is 26.3. The fraction of sp³-hybridized carbons (Fsp3) is 0.286. The lowest BCUT2D eigenvalue weighted by Gasteiger charge is -2.39. The van der Waals surface area contributed by atoms with Gasteiger partial charge < -0.3 is 15.0 Å². The van der Waals surface area contributed by atoms with Gasteiger partial charge in [0, 0.05) is 36.6 Å². The van der Waals surface area contributed by atoms with Crippen LogP contribution in [0, 0.1) is 23.1 Å². The van der Waals surface area contributed by atoms with E-state index in [1.807, 2.05) is 0 Å². The van der Waals surface area contributed by atoms with Crippen molar-refractivity contribution in [3.05, 3.63) is 113 Å². The van der Waals surface area contributed by atoms with Gasteiger partial charge in [0.05, 0.1) is 30.5 Å². The highest BCUT2D eigenvalue weighted by atomic mass is 19.4. The molecule has 1 aromatic heterocycles. The van der Waals surface area contributed by atoms with Crippen molar-refractivity contribution in [1.82, 2.24) is 20.0 Å². The predicted octanol–water partition coefficient (Wildman–Crippen LogP) is 4.94. The number of nitriles is 1. The smallest absolute Gasteiger partial charge is 0.380 e. The van der Waals surface area contributed by atoms with Crippen molar-refractivity contribution < 1.29 is 36.7 Å². The number of amides is 3. The zero-order chi connectivity index (χ0) is 35.0. The maximum Gasteiger partial charge on any atom is 0.416 e. The third kappa shape index (κ3) is 6.13. The van der Waals surface area contributed by atoms with Gasteiger partial charge in [0.2, 0.25) is 0 Å². The molecule has 0 aliphatic carbocycles. The Morgan fingerprint density at radius 2 is 1.78 bits per heavy atom. The number of ether oxygens (including phenoxy) is 1. The van der Waals surface area contributed by atoms with Crippen LogP contribution in [0.4, 0.5) is 23.4 Å². The third-order valence-corrected chi connectivity index (χ3v) is 8.80. The molecule has 0 bridgehead atoms. The summed E-state index contributed by atoms with van der Waals surface area (Å²) in [6.07, 6.45) is -4.72. The number of likely N-dealkylation sites (N-methyl/N-ethyl adjacent to an activating group) is 1. The van der Waals surface area contributed by atoms with Gasteiger partial charge in [0.15, 0.2) is 5.69 Å². The van der Waals surface area contributed by atoms with Crippen LogP contribution < -0.4 is 10.2 Å². The zero-order valence-electron chi connectivity index (χ0n) is 26.3. The molecule has 6 rings (SSSR count). The number of para-hydroxylation sites is 1. The number of fused-ring (bicyclic) bond motifs is 1. The average molecular weight is 675 g/mol. The molecule has 4 aromatic rings. The third-order valence-electron chi connectivity index (χ3n) is 8.80. The first-order chi connectivity index (χ1) is 23.4. The van der Waals surface area contributed by atoms with Crippen LogP contribution in [0.1, 0.15) is 50.4 Å². The SMILES string of the molecule is CCN1C(=O)C(NC(=O)c2cccc(C(F)(F)F)c2)C(c2ccc(F)cc2)c2c(C(=O)N(C)C(C#N)C3COC3)nn(-c3ccccc3)c21. The van der Waals surface area contributed by atoms with E-state index in [2.05, 4.69) is 11.4 Å². The molecule has 3 atom stereocenters. The van der Waals surface area contributed by atoms with E-state index in [0.29, 0.717) is 17.3 Å². The van der Waals surface area contributed by atoms with Gasteiger partial charge in [-0.2, -0.15) is 23.5 Å². The van der Waals surface area contributed by atoms with Gasteiger partial charge in [-0.1, -0.05) is 36.4 Å². The van der Waals surface area contributed by atoms with E-state index in [9.17, 15) is 37.2 Å². The Kier molecular flexibility index (Phi) is 8.96. The number of benzene rings is 3.